The van der Waals surface area contributed by atoms with E-state index in [1.807, 2.05) is 13.8 Å². The predicted octanol–water partition coefficient (Wildman–Crippen LogP) is 1.89. The molecule has 0 atom stereocenters. The summed E-state index contributed by atoms with van der Waals surface area (Å²) < 4.78 is 10.6. The van der Waals surface area contributed by atoms with Crippen LogP contribution in [-0.4, -0.2) is 35.4 Å². The van der Waals surface area contributed by atoms with Crippen molar-refractivity contribution in [1.29, 1.82) is 0 Å². The lowest BCUT2D eigenvalue weighted by Crippen LogP contribution is -2.13. The topological polar surface area (TPSA) is 68.7 Å². The van der Waals surface area contributed by atoms with Gasteiger partial charge < -0.3 is 14.6 Å². The lowest BCUT2D eigenvalue weighted by Gasteiger charge is -2.10. The molecule has 1 aromatic rings. The number of aryl methyl sites for hydroxylation is 1. The Morgan fingerprint density at radius 1 is 1.41 bits per heavy atom. The van der Waals surface area contributed by atoms with Crippen LogP contribution in [-0.2, 0) is 4.74 Å². The van der Waals surface area contributed by atoms with Crippen LogP contribution in [0.3, 0.4) is 0 Å². The van der Waals surface area contributed by atoms with Crippen LogP contribution in [0.15, 0.2) is 12.1 Å². The van der Waals surface area contributed by atoms with Gasteiger partial charge in [0, 0.05) is 5.69 Å². The second-order valence-corrected chi connectivity index (χ2v) is 3.88. The second-order valence-electron chi connectivity index (χ2n) is 3.88. The quantitative estimate of drug-likeness (QED) is 0.768. The number of carbonyl (C=O) groups is 1. The van der Waals surface area contributed by atoms with Gasteiger partial charge in [-0.3, -0.25) is 0 Å². The molecule has 1 heterocycles. The Hall–Kier alpha value is -1.62. The van der Waals surface area contributed by atoms with E-state index in [1.54, 1.807) is 13.0 Å². The van der Waals surface area contributed by atoms with Gasteiger partial charge in [0.15, 0.2) is 0 Å². The Balaban J connectivity index is 2.62. The van der Waals surface area contributed by atoms with Crippen LogP contribution in [0, 0.1) is 6.92 Å². The highest BCUT2D eigenvalue weighted by molar-refractivity contribution is 5.90. The maximum atomic E-state index is 10.9. The van der Waals surface area contributed by atoms with Crippen LogP contribution in [0.1, 0.15) is 29.9 Å². The zero-order valence-corrected chi connectivity index (χ0v) is 10.3. The van der Waals surface area contributed by atoms with Gasteiger partial charge in [-0.2, -0.15) is 0 Å². The minimum atomic E-state index is -1.04. The molecule has 0 aliphatic carbocycles. The van der Waals surface area contributed by atoms with Crippen molar-refractivity contribution in [3.63, 3.8) is 0 Å². The molecule has 1 N–H and O–H groups in total. The molecule has 0 fully saturated rings. The maximum absolute atomic E-state index is 10.9. The standard InChI is InChI=1S/C12H17NO4/c1-8(2)16-6-7-17-11-10(12(14)15)5-4-9(3)13-11/h4-5,8H,6-7H2,1-3H3,(H,14,15). The number of hydrogen-bond donors (Lipinski definition) is 1. The molecular weight excluding hydrogens is 222 g/mol. The highest BCUT2D eigenvalue weighted by Gasteiger charge is 2.12. The Morgan fingerprint density at radius 2 is 2.12 bits per heavy atom. The van der Waals surface area contributed by atoms with Gasteiger partial charge in [-0.25, -0.2) is 9.78 Å². The fraction of sp³-hybridized carbons (Fsp3) is 0.500. The summed E-state index contributed by atoms with van der Waals surface area (Å²) >= 11 is 0. The molecule has 5 nitrogen and oxygen atoms in total. The van der Waals surface area contributed by atoms with Crippen molar-refractivity contribution < 1.29 is 19.4 Å². The maximum Gasteiger partial charge on any atom is 0.341 e. The smallest absolute Gasteiger partial charge is 0.341 e. The Bertz CT molecular complexity index is 390. The van der Waals surface area contributed by atoms with E-state index in [0.29, 0.717) is 6.61 Å². The summed E-state index contributed by atoms with van der Waals surface area (Å²) in [7, 11) is 0. The molecule has 0 radical (unpaired) electrons. The molecule has 0 saturated heterocycles. The number of carboxylic acid groups (broad SMARTS) is 1. The monoisotopic (exact) mass is 239 g/mol. The summed E-state index contributed by atoms with van der Waals surface area (Å²) in [4.78, 5) is 15.0. The van der Waals surface area contributed by atoms with Crippen LogP contribution in [0.2, 0.25) is 0 Å². The van der Waals surface area contributed by atoms with Crippen molar-refractivity contribution in [1.82, 2.24) is 4.98 Å². The summed E-state index contributed by atoms with van der Waals surface area (Å²) in [6.45, 7) is 6.32. The Kier molecular flexibility index (Phi) is 4.90. The first-order valence-corrected chi connectivity index (χ1v) is 5.46. The summed E-state index contributed by atoms with van der Waals surface area (Å²) in [5.74, 6) is -0.901. The van der Waals surface area contributed by atoms with E-state index in [-0.39, 0.29) is 24.2 Å². The number of ether oxygens (including phenoxy) is 2. The third kappa shape index (κ3) is 4.40. The second kappa shape index (κ2) is 6.20. The number of rotatable bonds is 6. The fourth-order valence-corrected chi connectivity index (χ4v) is 1.23. The number of aromatic carboxylic acids is 1. The molecule has 5 heteroatoms. The fourth-order valence-electron chi connectivity index (χ4n) is 1.23. The van der Waals surface area contributed by atoms with Crippen LogP contribution in [0.4, 0.5) is 0 Å². The van der Waals surface area contributed by atoms with Gasteiger partial charge in [0.1, 0.15) is 12.2 Å². The molecule has 0 aliphatic rings. The zero-order valence-electron chi connectivity index (χ0n) is 10.3. The van der Waals surface area contributed by atoms with Crippen molar-refractivity contribution in [2.24, 2.45) is 0 Å². The lowest BCUT2D eigenvalue weighted by atomic mass is 10.2. The van der Waals surface area contributed by atoms with Crippen LogP contribution < -0.4 is 4.74 Å². The van der Waals surface area contributed by atoms with Gasteiger partial charge in [-0.1, -0.05) is 0 Å². The van der Waals surface area contributed by atoms with E-state index in [4.69, 9.17) is 14.6 Å². The highest BCUT2D eigenvalue weighted by atomic mass is 16.5. The zero-order chi connectivity index (χ0) is 12.8. The first kappa shape index (κ1) is 13.4. The first-order valence-electron chi connectivity index (χ1n) is 5.46. The SMILES string of the molecule is Cc1ccc(C(=O)O)c(OCCOC(C)C)n1. The molecule has 1 aromatic heterocycles. The first-order chi connectivity index (χ1) is 8.00. The molecule has 0 aromatic carbocycles. The average Bonchev–Trinajstić information content (AvgIpc) is 2.23. The van der Waals surface area contributed by atoms with Gasteiger partial charge in [0.25, 0.3) is 0 Å². The third-order valence-electron chi connectivity index (χ3n) is 2.00. The molecule has 0 aliphatic heterocycles. The molecule has 17 heavy (non-hydrogen) atoms. The van der Waals surface area contributed by atoms with Gasteiger partial charge >= 0.3 is 5.97 Å². The number of aromatic nitrogens is 1. The predicted molar refractivity (Wildman–Crippen MR) is 62.5 cm³/mol. The van der Waals surface area contributed by atoms with Gasteiger partial charge in [-0.05, 0) is 32.9 Å². The molecule has 94 valence electrons. The molecule has 0 saturated carbocycles. The summed E-state index contributed by atoms with van der Waals surface area (Å²) in [6.07, 6.45) is 0.128. The van der Waals surface area contributed by atoms with Crippen molar-refractivity contribution in [2.45, 2.75) is 26.9 Å². The molecule has 0 unspecified atom stereocenters. The minimum absolute atomic E-state index is 0.0696. The van der Waals surface area contributed by atoms with E-state index in [0.717, 1.165) is 5.69 Å². The third-order valence-corrected chi connectivity index (χ3v) is 2.00. The van der Waals surface area contributed by atoms with Crippen molar-refractivity contribution in [3.05, 3.63) is 23.4 Å². The van der Waals surface area contributed by atoms with E-state index >= 15 is 0 Å². The van der Waals surface area contributed by atoms with Gasteiger partial charge in [0.2, 0.25) is 5.88 Å². The van der Waals surface area contributed by atoms with Crippen LogP contribution in [0.5, 0.6) is 5.88 Å². The summed E-state index contributed by atoms with van der Waals surface area (Å²) in [5.41, 5.74) is 0.787. The van der Waals surface area contributed by atoms with E-state index in [2.05, 4.69) is 4.98 Å². The van der Waals surface area contributed by atoms with Crippen LogP contribution in [0.25, 0.3) is 0 Å². The van der Waals surface area contributed by atoms with E-state index < -0.39 is 5.97 Å². The minimum Gasteiger partial charge on any atom is -0.477 e. The van der Waals surface area contributed by atoms with E-state index in [9.17, 15) is 4.79 Å². The van der Waals surface area contributed by atoms with Crippen molar-refractivity contribution in [3.8, 4) is 5.88 Å². The summed E-state index contributed by atoms with van der Waals surface area (Å²) in [6, 6.07) is 3.13. The molecule has 0 spiro atoms. The number of carboxylic acids is 1. The van der Waals surface area contributed by atoms with Crippen molar-refractivity contribution in [2.75, 3.05) is 13.2 Å². The lowest BCUT2D eigenvalue weighted by molar-refractivity contribution is 0.0527. The highest BCUT2D eigenvalue weighted by Crippen LogP contribution is 2.15. The molecule has 0 bridgehead atoms. The number of hydrogen-bond acceptors (Lipinski definition) is 4. The number of nitrogens with zero attached hydrogens (tertiary/aromatic N) is 1. The molecule has 1 rings (SSSR count). The van der Waals surface area contributed by atoms with E-state index in [1.165, 1.54) is 6.07 Å². The Labute approximate surface area is 100 Å². The largest absolute Gasteiger partial charge is 0.477 e. The van der Waals surface area contributed by atoms with Crippen LogP contribution >= 0.6 is 0 Å². The van der Waals surface area contributed by atoms with Gasteiger partial charge in [-0.15, -0.1) is 0 Å². The number of pyridine rings is 1. The average molecular weight is 239 g/mol. The summed E-state index contributed by atoms with van der Waals surface area (Å²) in [5, 5.41) is 8.95. The molecular formula is C12H17NO4. The Morgan fingerprint density at radius 3 is 2.71 bits per heavy atom. The van der Waals surface area contributed by atoms with Crippen molar-refractivity contribution >= 4 is 5.97 Å². The molecule has 0 amide bonds. The normalized spacial score (nSPS) is 10.6. The van der Waals surface area contributed by atoms with Gasteiger partial charge in [0.05, 0.1) is 12.7 Å².